The van der Waals surface area contributed by atoms with Crippen LogP contribution < -0.4 is 0 Å². The number of hydrogen-bond acceptors (Lipinski definition) is 4. The maximum absolute atomic E-state index is 11.0. The quantitative estimate of drug-likeness (QED) is 0.841. The maximum Gasteiger partial charge on any atom is 0.317 e. The van der Waals surface area contributed by atoms with Crippen LogP contribution in [-0.2, 0) is 11.3 Å². The molecule has 0 aliphatic carbocycles. The van der Waals surface area contributed by atoms with Gasteiger partial charge in [0.15, 0.2) is 5.82 Å². The van der Waals surface area contributed by atoms with Crippen molar-refractivity contribution in [3.63, 3.8) is 0 Å². The van der Waals surface area contributed by atoms with E-state index in [0.717, 1.165) is 23.4 Å². The number of halogens is 1. The Bertz CT molecular complexity index is 674. The zero-order chi connectivity index (χ0) is 16.8. The standard InChI is InChI=1S/C17H20ClN3O2/c1-3-8-21(11-16(22)23)10-15-9-12(2)19-17(20-15)13-4-6-14(18)7-5-13/h4-7,9H,3,8,10-11H2,1-2H3,(H,22,23). The summed E-state index contributed by atoms with van der Waals surface area (Å²) in [4.78, 5) is 21.9. The Balaban J connectivity index is 2.25. The van der Waals surface area contributed by atoms with Gasteiger partial charge in [0, 0.05) is 22.8 Å². The molecular weight excluding hydrogens is 314 g/mol. The van der Waals surface area contributed by atoms with E-state index in [1.54, 1.807) is 12.1 Å². The molecule has 0 saturated heterocycles. The first-order valence-corrected chi connectivity index (χ1v) is 7.90. The maximum atomic E-state index is 11.0. The first-order valence-electron chi connectivity index (χ1n) is 7.52. The highest BCUT2D eigenvalue weighted by atomic mass is 35.5. The van der Waals surface area contributed by atoms with Gasteiger partial charge in [0.1, 0.15) is 0 Å². The molecule has 1 N–H and O–H groups in total. The Morgan fingerprint density at radius 2 is 1.96 bits per heavy atom. The number of nitrogens with zero attached hydrogens (tertiary/aromatic N) is 3. The summed E-state index contributed by atoms with van der Waals surface area (Å²) in [6, 6.07) is 9.25. The van der Waals surface area contributed by atoms with E-state index in [1.807, 2.05) is 36.9 Å². The minimum absolute atomic E-state index is 0.00711. The van der Waals surface area contributed by atoms with Crippen LogP contribution in [0.3, 0.4) is 0 Å². The molecule has 6 heteroatoms. The predicted octanol–water partition coefficient (Wildman–Crippen LogP) is 3.40. The van der Waals surface area contributed by atoms with Gasteiger partial charge in [-0.05, 0) is 50.2 Å². The molecule has 0 atom stereocenters. The average molecular weight is 334 g/mol. The van der Waals surface area contributed by atoms with Gasteiger partial charge in [-0.15, -0.1) is 0 Å². The van der Waals surface area contributed by atoms with Crippen molar-refractivity contribution < 1.29 is 9.90 Å². The number of aromatic nitrogens is 2. The van der Waals surface area contributed by atoms with E-state index in [2.05, 4.69) is 9.97 Å². The summed E-state index contributed by atoms with van der Waals surface area (Å²) in [5.41, 5.74) is 2.56. The van der Waals surface area contributed by atoms with Crippen LogP contribution in [0.15, 0.2) is 30.3 Å². The molecule has 1 heterocycles. The molecule has 2 rings (SSSR count). The van der Waals surface area contributed by atoms with Crippen molar-refractivity contribution in [2.75, 3.05) is 13.1 Å². The van der Waals surface area contributed by atoms with Gasteiger partial charge in [-0.2, -0.15) is 0 Å². The third-order valence-corrected chi connectivity index (χ3v) is 3.55. The molecule has 1 aromatic heterocycles. The lowest BCUT2D eigenvalue weighted by Gasteiger charge is -2.19. The number of hydrogen-bond donors (Lipinski definition) is 1. The van der Waals surface area contributed by atoms with Crippen molar-refractivity contribution in [1.29, 1.82) is 0 Å². The third kappa shape index (κ3) is 5.30. The molecule has 0 radical (unpaired) electrons. The number of carboxylic acid groups (broad SMARTS) is 1. The Labute approximate surface area is 141 Å². The van der Waals surface area contributed by atoms with Gasteiger partial charge in [-0.3, -0.25) is 9.69 Å². The molecule has 23 heavy (non-hydrogen) atoms. The molecule has 0 spiro atoms. The van der Waals surface area contributed by atoms with E-state index in [9.17, 15) is 4.79 Å². The van der Waals surface area contributed by atoms with E-state index in [1.165, 1.54) is 0 Å². The number of carboxylic acids is 1. The molecule has 0 aliphatic rings. The van der Waals surface area contributed by atoms with Crippen molar-refractivity contribution in [3.05, 3.63) is 46.7 Å². The first kappa shape index (κ1) is 17.4. The van der Waals surface area contributed by atoms with Crippen molar-refractivity contribution >= 4 is 17.6 Å². The van der Waals surface area contributed by atoms with Gasteiger partial charge < -0.3 is 5.11 Å². The second-order valence-electron chi connectivity index (χ2n) is 5.44. The van der Waals surface area contributed by atoms with E-state index in [-0.39, 0.29) is 6.54 Å². The largest absolute Gasteiger partial charge is 0.480 e. The molecule has 0 fully saturated rings. The lowest BCUT2D eigenvalue weighted by Crippen LogP contribution is -2.30. The molecule has 2 aromatic rings. The predicted molar refractivity (Wildman–Crippen MR) is 90.4 cm³/mol. The second kappa shape index (κ2) is 8.04. The summed E-state index contributed by atoms with van der Waals surface area (Å²) in [5.74, 6) is -0.203. The third-order valence-electron chi connectivity index (χ3n) is 3.29. The number of rotatable bonds is 7. The zero-order valence-corrected chi connectivity index (χ0v) is 14.0. The highest BCUT2D eigenvalue weighted by molar-refractivity contribution is 6.30. The van der Waals surface area contributed by atoms with Gasteiger partial charge >= 0.3 is 5.97 Å². The molecule has 0 amide bonds. The molecule has 0 saturated carbocycles. The molecule has 122 valence electrons. The first-order chi connectivity index (χ1) is 11.0. The summed E-state index contributed by atoms with van der Waals surface area (Å²) in [6.45, 7) is 5.15. The number of carbonyl (C=O) groups is 1. The fraction of sp³-hybridized carbons (Fsp3) is 0.353. The second-order valence-corrected chi connectivity index (χ2v) is 5.87. The van der Waals surface area contributed by atoms with E-state index < -0.39 is 5.97 Å². The van der Waals surface area contributed by atoms with Gasteiger partial charge in [0.2, 0.25) is 0 Å². The van der Waals surface area contributed by atoms with Crippen LogP contribution in [0, 0.1) is 6.92 Å². The summed E-state index contributed by atoms with van der Waals surface area (Å²) >= 11 is 5.91. The van der Waals surface area contributed by atoms with Gasteiger partial charge in [0.25, 0.3) is 0 Å². The number of aryl methyl sites for hydroxylation is 1. The highest BCUT2D eigenvalue weighted by Crippen LogP contribution is 2.19. The zero-order valence-electron chi connectivity index (χ0n) is 13.3. The van der Waals surface area contributed by atoms with E-state index in [4.69, 9.17) is 16.7 Å². The SMILES string of the molecule is CCCN(CC(=O)O)Cc1cc(C)nc(-c2ccc(Cl)cc2)n1. The van der Waals surface area contributed by atoms with Crippen LogP contribution in [0.4, 0.5) is 0 Å². The van der Waals surface area contributed by atoms with E-state index >= 15 is 0 Å². The smallest absolute Gasteiger partial charge is 0.317 e. The van der Waals surface area contributed by atoms with Crippen molar-refractivity contribution in [1.82, 2.24) is 14.9 Å². The fourth-order valence-corrected chi connectivity index (χ4v) is 2.52. The molecule has 0 unspecified atom stereocenters. The summed E-state index contributed by atoms with van der Waals surface area (Å²) in [6.07, 6.45) is 0.890. The summed E-state index contributed by atoms with van der Waals surface area (Å²) < 4.78 is 0. The average Bonchev–Trinajstić information content (AvgIpc) is 2.47. The molecular formula is C17H20ClN3O2. The Hall–Kier alpha value is -1.98. The Kier molecular flexibility index (Phi) is 6.07. The lowest BCUT2D eigenvalue weighted by atomic mass is 10.2. The number of benzene rings is 1. The Morgan fingerprint density at radius 3 is 2.57 bits per heavy atom. The van der Waals surface area contributed by atoms with Gasteiger partial charge in [0.05, 0.1) is 12.2 Å². The molecule has 5 nitrogen and oxygen atoms in total. The normalized spacial score (nSPS) is 11.0. The summed E-state index contributed by atoms with van der Waals surface area (Å²) in [5, 5.41) is 9.68. The van der Waals surface area contributed by atoms with Crippen LogP contribution in [0.25, 0.3) is 11.4 Å². The minimum Gasteiger partial charge on any atom is -0.480 e. The van der Waals surface area contributed by atoms with Crippen LogP contribution in [-0.4, -0.2) is 39.0 Å². The van der Waals surface area contributed by atoms with Gasteiger partial charge in [-0.1, -0.05) is 18.5 Å². The summed E-state index contributed by atoms with van der Waals surface area (Å²) in [7, 11) is 0. The lowest BCUT2D eigenvalue weighted by molar-refractivity contribution is -0.138. The minimum atomic E-state index is -0.831. The number of aliphatic carboxylic acids is 1. The van der Waals surface area contributed by atoms with Crippen LogP contribution in [0.5, 0.6) is 0 Å². The van der Waals surface area contributed by atoms with Crippen molar-refractivity contribution in [2.24, 2.45) is 0 Å². The Morgan fingerprint density at radius 1 is 1.26 bits per heavy atom. The van der Waals surface area contributed by atoms with Crippen molar-refractivity contribution in [2.45, 2.75) is 26.8 Å². The van der Waals surface area contributed by atoms with Gasteiger partial charge in [-0.25, -0.2) is 9.97 Å². The van der Waals surface area contributed by atoms with E-state index in [0.29, 0.717) is 23.9 Å². The molecule has 1 aromatic carbocycles. The fourth-order valence-electron chi connectivity index (χ4n) is 2.39. The highest BCUT2D eigenvalue weighted by Gasteiger charge is 2.12. The van der Waals surface area contributed by atoms with Crippen LogP contribution >= 0.6 is 11.6 Å². The van der Waals surface area contributed by atoms with Crippen LogP contribution in [0.2, 0.25) is 5.02 Å². The monoisotopic (exact) mass is 333 g/mol. The molecule has 0 bridgehead atoms. The topological polar surface area (TPSA) is 66.3 Å². The van der Waals surface area contributed by atoms with Crippen LogP contribution in [0.1, 0.15) is 24.7 Å². The van der Waals surface area contributed by atoms with Crippen molar-refractivity contribution in [3.8, 4) is 11.4 Å². The molecule has 0 aliphatic heterocycles.